The average Bonchev–Trinajstić information content (AvgIpc) is 2.34. The molecule has 0 radical (unpaired) electrons. The van der Waals surface area contributed by atoms with E-state index in [1.165, 1.54) is 12.1 Å². The van der Waals surface area contributed by atoms with Crippen molar-refractivity contribution >= 4 is 23.0 Å². The highest BCUT2D eigenvalue weighted by Crippen LogP contribution is 2.25. The lowest BCUT2D eigenvalue weighted by Gasteiger charge is -2.23. The molecular weight excluding hydrogens is 253 g/mol. The monoisotopic (exact) mass is 273 g/mol. The molecule has 1 atom stereocenters. The quantitative estimate of drug-likeness (QED) is 0.782. The van der Waals surface area contributed by atoms with E-state index in [4.69, 9.17) is 17.3 Å². The summed E-state index contributed by atoms with van der Waals surface area (Å²) < 4.78 is 13.1. The van der Waals surface area contributed by atoms with Crippen molar-refractivity contribution in [3.63, 3.8) is 0 Å². The molecule has 0 aromatic heterocycles. The molecule has 5 heteroatoms. The molecule has 1 aromatic carbocycles. The fourth-order valence-corrected chi connectivity index (χ4v) is 1.78. The molecule has 102 valence electrons. The minimum absolute atomic E-state index is 0.0852. The first-order valence-corrected chi connectivity index (χ1v) is 6.52. The zero-order valence-electron chi connectivity index (χ0n) is 11.1. The van der Waals surface area contributed by atoms with E-state index >= 15 is 0 Å². The van der Waals surface area contributed by atoms with E-state index < -0.39 is 5.82 Å². The third-order valence-corrected chi connectivity index (χ3v) is 3.51. The van der Waals surface area contributed by atoms with Gasteiger partial charge in [0.2, 0.25) is 0 Å². The van der Waals surface area contributed by atoms with Gasteiger partial charge in [0.15, 0.2) is 0 Å². The summed E-state index contributed by atoms with van der Waals surface area (Å²) in [4.78, 5) is 2.26. The van der Waals surface area contributed by atoms with Crippen LogP contribution >= 0.6 is 11.6 Å². The second kappa shape index (κ2) is 6.81. The van der Waals surface area contributed by atoms with Crippen LogP contribution in [-0.4, -0.2) is 31.1 Å². The highest BCUT2D eigenvalue weighted by Gasteiger charge is 2.08. The Bertz CT molecular complexity index is 398. The first-order chi connectivity index (χ1) is 8.45. The lowest BCUT2D eigenvalue weighted by molar-refractivity contribution is 0.261. The molecule has 0 spiro atoms. The smallest absolute Gasteiger partial charge is 0.143 e. The Morgan fingerprint density at radius 1 is 1.50 bits per heavy atom. The minimum Gasteiger partial charge on any atom is -0.397 e. The number of rotatable bonds is 6. The predicted octanol–water partition coefficient (Wildman–Crippen LogP) is 3.20. The third kappa shape index (κ3) is 4.03. The van der Waals surface area contributed by atoms with Gasteiger partial charge in [0.25, 0.3) is 0 Å². The molecule has 1 unspecified atom stereocenters. The molecule has 3 N–H and O–H groups in total. The normalized spacial score (nSPS) is 12.8. The maximum Gasteiger partial charge on any atom is 0.143 e. The van der Waals surface area contributed by atoms with Crippen molar-refractivity contribution in [2.75, 3.05) is 31.2 Å². The Morgan fingerprint density at radius 3 is 2.78 bits per heavy atom. The Labute approximate surface area is 113 Å². The van der Waals surface area contributed by atoms with E-state index in [1.807, 2.05) is 0 Å². The molecule has 0 aliphatic heterocycles. The van der Waals surface area contributed by atoms with Crippen LogP contribution < -0.4 is 11.1 Å². The predicted molar refractivity (Wildman–Crippen MR) is 76.7 cm³/mol. The zero-order chi connectivity index (χ0) is 13.7. The van der Waals surface area contributed by atoms with Gasteiger partial charge >= 0.3 is 0 Å². The van der Waals surface area contributed by atoms with Crippen molar-refractivity contribution in [1.82, 2.24) is 4.90 Å². The molecule has 18 heavy (non-hydrogen) atoms. The van der Waals surface area contributed by atoms with Crippen molar-refractivity contribution in [1.29, 1.82) is 0 Å². The topological polar surface area (TPSA) is 41.3 Å². The molecule has 0 aliphatic rings. The standard InChI is InChI=1S/C13H21ClFN3/c1-4-9(2)18(3)6-5-17-13-7-10(14)11(15)8-12(13)16/h7-9,17H,4-6,16H2,1-3H3. The zero-order valence-corrected chi connectivity index (χ0v) is 11.9. The van der Waals surface area contributed by atoms with Crippen LogP contribution in [0.4, 0.5) is 15.8 Å². The van der Waals surface area contributed by atoms with Crippen molar-refractivity contribution in [3.8, 4) is 0 Å². The van der Waals surface area contributed by atoms with E-state index in [-0.39, 0.29) is 5.02 Å². The number of nitrogens with one attached hydrogen (secondary N) is 1. The first kappa shape index (κ1) is 15.1. The lowest BCUT2D eigenvalue weighted by atomic mass is 10.2. The molecule has 0 amide bonds. The second-order valence-electron chi connectivity index (χ2n) is 4.52. The Morgan fingerprint density at radius 2 is 2.17 bits per heavy atom. The number of hydrogen-bond acceptors (Lipinski definition) is 3. The third-order valence-electron chi connectivity index (χ3n) is 3.22. The van der Waals surface area contributed by atoms with Crippen molar-refractivity contribution in [2.24, 2.45) is 0 Å². The van der Waals surface area contributed by atoms with Crippen LogP contribution in [0.2, 0.25) is 5.02 Å². The minimum atomic E-state index is -0.489. The fraction of sp³-hybridized carbons (Fsp3) is 0.538. The number of halogens is 2. The average molecular weight is 274 g/mol. The molecule has 1 aromatic rings. The van der Waals surface area contributed by atoms with Gasteiger partial charge in [-0.05, 0) is 26.5 Å². The summed E-state index contributed by atoms with van der Waals surface area (Å²) >= 11 is 5.72. The van der Waals surface area contributed by atoms with Crippen LogP contribution in [-0.2, 0) is 0 Å². The van der Waals surface area contributed by atoms with E-state index in [2.05, 4.69) is 31.1 Å². The van der Waals surface area contributed by atoms with Gasteiger partial charge < -0.3 is 16.0 Å². The summed E-state index contributed by atoms with van der Waals surface area (Å²) in [7, 11) is 2.08. The molecule has 0 saturated heterocycles. The Hall–Kier alpha value is -1.00. The number of hydrogen-bond donors (Lipinski definition) is 2. The number of nitrogens with zero attached hydrogens (tertiary/aromatic N) is 1. The van der Waals surface area contributed by atoms with Crippen LogP contribution in [0.5, 0.6) is 0 Å². The molecule has 3 nitrogen and oxygen atoms in total. The Balaban J connectivity index is 2.52. The maximum atomic E-state index is 13.1. The van der Waals surface area contributed by atoms with Crippen LogP contribution in [0.3, 0.4) is 0 Å². The molecule has 1 rings (SSSR count). The number of nitrogen functional groups attached to an aromatic ring is 1. The number of likely N-dealkylation sites (N-methyl/N-ethyl adjacent to an activating group) is 1. The van der Waals surface area contributed by atoms with Crippen LogP contribution in [0.25, 0.3) is 0 Å². The van der Waals surface area contributed by atoms with Gasteiger partial charge in [0.05, 0.1) is 16.4 Å². The molecule has 0 heterocycles. The molecule has 0 bridgehead atoms. The number of anilines is 2. The van der Waals surface area contributed by atoms with Crippen molar-refractivity contribution in [2.45, 2.75) is 26.3 Å². The van der Waals surface area contributed by atoms with Gasteiger partial charge in [0, 0.05) is 25.2 Å². The summed E-state index contributed by atoms with van der Waals surface area (Å²) in [6.07, 6.45) is 1.11. The van der Waals surface area contributed by atoms with Crippen LogP contribution in [0.15, 0.2) is 12.1 Å². The summed E-state index contributed by atoms with van der Waals surface area (Å²) in [5.74, 6) is -0.489. The van der Waals surface area contributed by atoms with Gasteiger partial charge in [-0.2, -0.15) is 0 Å². The summed E-state index contributed by atoms with van der Waals surface area (Å²) in [5.41, 5.74) is 6.78. The van der Waals surface area contributed by atoms with Crippen LogP contribution in [0, 0.1) is 5.82 Å². The second-order valence-corrected chi connectivity index (χ2v) is 4.93. The molecule has 0 fully saturated rings. The van der Waals surface area contributed by atoms with Crippen LogP contribution in [0.1, 0.15) is 20.3 Å². The van der Waals surface area contributed by atoms with Gasteiger partial charge in [-0.1, -0.05) is 18.5 Å². The SMILES string of the molecule is CCC(C)N(C)CCNc1cc(Cl)c(F)cc1N. The Kier molecular flexibility index (Phi) is 5.69. The summed E-state index contributed by atoms with van der Waals surface area (Å²) in [5, 5.41) is 3.26. The molecular formula is C13H21ClFN3. The van der Waals surface area contributed by atoms with E-state index in [0.717, 1.165) is 19.5 Å². The van der Waals surface area contributed by atoms with Gasteiger partial charge in [0.1, 0.15) is 5.82 Å². The van der Waals surface area contributed by atoms with E-state index in [1.54, 1.807) is 0 Å². The molecule has 0 aliphatic carbocycles. The molecule has 0 saturated carbocycles. The van der Waals surface area contributed by atoms with E-state index in [0.29, 0.717) is 17.4 Å². The maximum absolute atomic E-state index is 13.1. The summed E-state index contributed by atoms with van der Waals surface area (Å²) in [6.45, 7) is 5.98. The van der Waals surface area contributed by atoms with Gasteiger partial charge in [-0.3, -0.25) is 0 Å². The lowest BCUT2D eigenvalue weighted by Crippen LogP contribution is -2.32. The number of benzene rings is 1. The highest BCUT2D eigenvalue weighted by molar-refractivity contribution is 6.31. The van der Waals surface area contributed by atoms with Crippen molar-refractivity contribution < 1.29 is 4.39 Å². The summed E-state index contributed by atoms with van der Waals surface area (Å²) in [6, 6.07) is 3.30. The highest BCUT2D eigenvalue weighted by atomic mass is 35.5. The van der Waals surface area contributed by atoms with E-state index in [9.17, 15) is 4.39 Å². The fourth-order valence-electron chi connectivity index (χ4n) is 1.61. The van der Waals surface area contributed by atoms with Gasteiger partial charge in [-0.25, -0.2) is 4.39 Å². The first-order valence-electron chi connectivity index (χ1n) is 6.14. The van der Waals surface area contributed by atoms with Gasteiger partial charge in [-0.15, -0.1) is 0 Å². The largest absolute Gasteiger partial charge is 0.397 e. The number of nitrogens with two attached hydrogens (primary N) is 1. The van der Waals surface area contributed by atoms with Crippen molar-refractivity contribution in [3.05, 3.63) is 23.0 Å².